The fourth-order valence-corrected chi connectivity index (χ4v) is 1.83. The minimum Gasteiger partial charge on any atom is -0.300 e. The van der Waals surface area contributed by atoms with Crippen LogP contribution in [0.25, 0.3) is 0 Å². The molecule has 13 heavy (non-hydrogen) atoms. The van der Waals surface area contributed by atoms with Crippen LogP contribution in [0.4, 0.5) is 0 Å². The highest BCUT2D eigenvalue weighted by atomic mass is 79.9. The minimum absolute atomic E-state index is 0.280. The van der Waals surface area contributed by atoms with Crippen molar-refractivity contribution in [3.8, 4) is 0 Å². The molecular formula is C11H24BrN. The molecule has 0 N–H and O–H groups in total. The smallest absolute Gasteiger partial charge is 0.0247 e. The van der Waals surface area contributed by atoms with Gasteiger partial charge in [0.2, 0.25) is 0 Å². The van der Waals surface area contributed by atoms with Crippen molar-refractivity contribution in [3.05, 3.63) is 0 Å². The van der Waals surface area contributed by atoms with E-state index in [2.05, 4.69) is 55.6 Å². The molecule has 0 aliphatic carbocycles. The Bertz CT molecular complexity index is 134. The highest BCUT2D eigenvalue weighted by Crippen LogP contribution is 2.18. The first-order valence-electron chi connectivity index (χ1n) is 5.21. The van der Waals surface area contributed by atoms with Crippen LogP contribution in [0.2, 0.25) is 0 Å². The van der Waals surface area contributed by atoms with E-state index < -0.39 is 0 Å². The van der Waals surface area contributed by atoms with E-state index in [0.717, 1.165) is 11.2 Å². The molecule has 0 aromatic rings. The highest BCUT2D eigenvalue weighted by molar-refractivity contribution is 9.09. The van der Waals surface area contributed by atoms with E-state index in [1.165, 1.54) is 19.4 Å². The van der Waals surface area contributed by atoms with Crippen LogP contribution in [0.15, 0.2) is 0 Å². The van der Waals surface area contributed by atoms with Gasteiger partial charge < -0.3 is 4.90 Å². The van der Waals surface area contributed by atoms with Gasteiger partial charge in [-0.25, -0.2) is 0 Å². The lowest BCUT2D eigenvalue weighted by atomic mass is 10.0. The molecule has 0 fully saturated rings. The molecule has 0 aliphatic rings. The molecule has 1 atom stereocenters. The zero-order valence-electron chi connectivity index (χ0n) is 9.73. The van der Waals surface area contributed by atoms with E-state index in [1.807, 2.05) is 0 Å². The molecule has 1 unspecified atom stereocenters. The normalized spacial score (nSPS) is 15.0. The summed E-state index contributed by atoms with van der Waals surface area (Å²) >= 11 is 3.56. The van der Waals surface area contributed by atoms with Crippen LogP contribution in [-0.2, 0) is 0 Å². The lowest BCUT2D eigenvalue weighted by molar-refractivity contribution is 0.155. The number of alkyl halides is 1. The largest absolute Gasteiger partial charge is 0.300 e. The van der Waals surface area contributed by atoms with Crippen molar-refractivity contribution in [1.29, 1.82) is 0 Å². The first-order chi connectivity index (χ1) is 5.94. The average molecular weight is 250 g/mol. The Labute approximate surface area is 92.0 Å². The van der Waals surface area contributed by atoms with Crippen molar-refractivity contribution in [2.75, 3.05) is 18.9 Å². The summed E-state index contributed by atoms with van der Waals surface area (Å²) in [7, 11) is 2.22. The predicted octanol–water partition coefficient (Wildman–Crippen LogP) is 3.53. The molecule has 0 amide bonds. The molecule has 0 aromatic heterocycles. The number of halogens is 1. The van der Waals surface area contributed by atoms with Crippen LogP contribution >= 0.6 is 15.9 Å². The van der Waals surface area contributed by atoms with Gasteiger partial charge in [-0.2, -0.15) is 0 Å². The SMILES string of the molecule is CCCC(C)CN(C)C(C)(C)CBr. The van der Waals surface area contributed by atoms with Gasteiger partial charge in [0.05, 0.1) is 0 Å². The molecule has 0 bridgehead atoms. The summed E-state index contributed by atoms with van der Waals surface area (Å²) in [6, 6.07) is 0. The summed E-state index contributed by atoms with van der Waals surface area (Å²) < 4.78 is 0. The Morgan fingerprint density at radius 1 is 1.38 bits per heavy atom. The molecule has 0 spiro atoms. The molecule has 0 heterocycles. The Balaban J connectivity index is 3.91. The molecule has 0 aliphatic heterocycles. The topological polar surface area (TPSA) is 3.24 Å². The van der Waals surface area contributed by atoms with Gasteiger partial charge in [0.15, 0.2) is 0 Å². The summed E-state index contributed by atoms with van der Waals surface area (Å²) in [5.74, 6) is 0.813. The van der Waals surface area contributed by atoms with Crippen molar-refractivity contribution >= 4 is 15.9 Å². The maximum Gasteiger partial charge on any atom is 0.0247 e. The summed E-state index contributed by atoms with van der Waals surface area (Å²) in [5, 5.41) is 1.04. The summed E-state index contributed by atoms with van der Waals surface area (Å²) in [4.78, 5) is 2.45. The standard InChI is InChI=1S/C11H24BrN/c1-6-7-10(2)8-13(5)11(3,4)9-12/h10H,6-9H2,1-5H3. The third-order valence-corrected chi connectivity index (χ3v) is 4.10. The van der Waals surface area contributed by atoms with E-state index in [4.69, 9.17) is 0 Å². The third kappa shape index (κ3) is 5.02. The Morgan fingerprint density at radius 3 is 2.31 bits per heavy atom. The zero-order valence-corrected chi connectivity index (χ0v) is 11.3. The van der Waals surface area contributed by atoms with E-state index in [0.29, 0.717) is 0 Å². The molecule has 0 saturated heterocycles. The van der Waals surface area contributed by atoms with Gasteiger partial charge in [0.25, 0.3) is 0 Å². The maximum atomic E-state index is 3.56. The summed E-state index contributed by atoms with van der Waals surface area (Å²) in [5.41, 5.74) is 0.280. The van der Waals surface area contributed by atoms with Gasteiger partial charge in [-0.1, -0.05) is 36.2 Å². The van der Waals surface area contributed by atoms with E-state index in [-0.39, 0.29) is 5.54 Å². The molecule has 1 nitrogen and oxygen atoms in total. The van der Waals surface area contributed by atoms with Crippen LogP contribution in [0.5, 0.6) is 0 Å². The minimum atomic E-state index is 0.280. The molecule has 0 saturated carbocycles. The molecule has 2 heteroatoms. The van der Waals surface area contributed by atoms with Gasteiger partial charge in [-0.15, -0.1) is 0 Å². The third-order valence-electron chi connectivity index (χ3n) is 2.73. The van der Waals surface area contributed by atoms with Crippen LogP contribution in [0.1, 0.15) is 40.5 Å². The molecule has 0 aromatic carbocycles. The number of hydrogen-bond acceptors (Lipinski definition) is 1. The van der Waals surface area contributed by atoms with Crippen LogP contribution in [0.3, 0.4) is 0 Å². The van der Waals surface area contributed by atoms with Crippen molar-refractivity contribution in [3.63, 3.8) is 0 Å². The first kappa shape index (κ1) is 13.4. The second-order valence-electron chi connectivity index (χ2n) is 4.72. The number of rotatable bonds is 6. The lowest BCUT2D eigenvalue weighted by Gasteiger charge is -2.35. The second kappa shape index (κ2) is 6.02. The first-order valence-corrected chi connectivity index (χ1v) is 6.33. The predicted molar refractivity (Wildman–Crippen MR) is 64.6 cm³/mol. The van der Waals surface area contributed by atoms with Gasteiger partial charge in [-0.05, 0) is 33.2 Å². The van der Waals surface area contributed by atoms with Gasteiger partial charge >= 0.3 is 0 Å². The van der Waals surface area contributed by atoms with Gasteiger partial charge in [-0.3, -0.25) is 0 Å². The fourth-order valence-electron chi connectivity index (χ4n) is 1.40. The number of nitrogens with zero attached hydrogens (tertiary/aromatic N) is 1. The van der Waals surface area contributed by atoms with Crippen LogP contribution in [0, 0.1) is 5.92 Å². The van der Waals surface area contributed by atoms with E-state index >= 15 is 0 Å². The van der Waals surface area contributed by atoms with Crippen molar-refractivity contribution in [1.82, 2.24) is 4.90 Å². The van der Waals surface area contributed by atoms with Gasteiger partial charge in [0, 0.05) is 17.4 Å². The monoisotopic (exact) mass is 249 g/mol. The average Bonchev–Trinajstić information content (AvgIpc) is 2.04. The van der Waals surface area contributed by atoms with E-state index in [1.54, 1.807) is 0 Å². The lowest BCUT2D eigenvalue weighted by Crippen LogP contribution is -2.44. The molecular weight excluding hydrogens is 226 g/mol. The van der Waals surface area contributed by atoms with Crippen LogP contribution in [-0.4, -0.2) is 29.4 Å². The maximum absolute atomic E-state index is 3.56. The fraction of sp³-hybridized carbons (Fsp3) is 1.00. The van der Waals surface area contributed by atoms with Gasteiger partial charge in [0.1, 0.15) is 0 Å². The molecule has 80 valence electrons. The molecule has 0 rings (SSSR count). The van der Waals surface area contributed by atoms with Crippen molar-refractivity contribution in [2.24, 2.45) is 5.92 Å². The molecule has 0 radical (unpaired) electrons. The van der Waals surface area contributed by atoms with Crippen molar-refractivity contribution in [2.45, 2.75) is 46.1 Å². The summed E-state index contributed by atoms with van der Waals surface area (Å²) in [6.07, 6.45) is 2.63. The zero-order chi connectivity index (χ0) is 10.5. The van der Waals surface area contributed by atoms with Crippen LogP contribution < -0.4 is 0 Å². The summed E-state index contributed by atoms with van der Waals surface area (Å²) in [6.45, 7) is 10.4. The Kier molecular flexibility index (Phi) is 6.23. The number of hydrogen-bond donors (Lipinski definition) is 0. The Hall–Kier alpha value is 0.440. The second-order valence-corrected chi connectivity index (χ2v) is 5.28. The quantitative estimate of drug-likeness (QED) is 0.652. The highest BCUT2D eigenvalue weighted by Gasteiger charge is 2.22. The Morgan fingerprint density at radius 2 is 1.92 bits per heavy atom. The van der Waals surface area contributed by atoms with E-state index in [9.17, 15) is 0 Å². The van der Waals surface area contributed by atoms with Crippen molar-refractivity contribution < 1.29 is 0 Å².